The molecule has 1 saturated carbocycles. The van der Waals surface area contributed by atoms with Crippen molar-refractivity contribution in [1.82, 2.24) is 9.97 Å². The van der Waals surface area contributed by atoms with E-state index in [-0.39, 0.29) is 0 Å². The lowest BCUT2D eigenvalue weighted by Crippen LogP contribution is -1.97. The fourth-order valence-corrected chi connectivity index (χ4v) is 3.19. The molecule has 0 saturated heterocycles. The van der Waals surface area contributed by atoms with E-state index < -0.39 is 0 Å². The van der Waals surface area contributed by atoms with Gasteiger partial charge in [0.2, 0.25) is 0 Å². The highest BCUT2D eigenvalue weighted by Crippen LogP contribution is 2.34. The van der Waals surface area contributed by atoms with E-state index in [9.17, 15) is 0 Å². The van der Waals surface area contributed by atoms with E-state index in [1.165, 1.54) is 42.1 Å². The lowest BCUT2D eigenvalue weighted by molar-refractivity contribution is 0.701. The van der Waals surface area contributed by atoms with Gasteiger partial charge in [-0.25, -0.2) is 0 Å². The molecule has 1 aliphatic carbocycles. The standard InChI is InChI=1S/C17H16N2/c1-2-5-12(4-1)15-10-9-14-8-7-13-6-3-11-18-16(13)17(14)19-15/h3,6-12H,1-2,4-5H2. The molecular formula is C17H16N2. The third-order valence-corrected chi connectivity index (χ3v) is 4.23. The molecule has 1 fully saturated rings. The van der Waals surface area contributed by atoms with Crippen molar-refractivity contribution in [1.29, 1.82) is 0 Å². The SMILES string of the molecule is c1cnc2c(c1)ccc1ccc(C3CCCC3)nc12. The molecule has 0 aliphatic heterocycles. The highest BCUT2D eigenvalue weighted by Gasteiger charge is 2.18. The minimum Gasteiger partial charge on any atom is -0.254 e. The molecule has 0 amide bonds. The maximum absolute atomic E-state index is 4.92. The molecule has 2 heteroatoms. The first-order chi connectivity index (χ1) is 9.42. The maximum Gasteiger partial charge on any atom is 0.0967 e. The number of hydrogen-bond donors (Lipinski definition) is 0. The molecule has 1 aliphatic rings. The summed E-state index contributed by atoms with van der Waals surface area (Å²) >= 11 is 0. The lowest BCUT2D eigenvalue weighted by atomic mass is 10.0. The van der Waals surface area contributed by atoms with Crippen LogP contribution < -0.4 is 0 Å². The third kappa shape index (κ3) is 1.79. The number of pyridine rings is 2. The van der Waals surface area contributed by atoms with Crippen molar-refractivity contribution >= 4 is 21.8 Å². The van der Waals surface area contributed by atoms with Crippen LogP contribution in [-0.2, 0) is 0 Å². The predicted molar refractivity (Wildman–Crippen MR) is 78.3 cm³/mol. The van der Waals surface area contributed by atoms with Crippen molar-refractivity contribution in [2.45, 2.75) is 31.6 Å². The topological polar surface area (TPSA) is 25.8 Å². The molecule has 4 rings (SSSR count). The summed E-state index contributed by atoms with van der Waals surface area (Å²) in [5.74, 6) is 0.656. The first kappa shape index (κ1) is 10.9. The summed E-state index contributed by atoms with van der Waals surface area (Å²) in [6.07, 6.45) is 7.12. The zero-order chi connectivity index (χ0) is 12.7. The Morgan fingerprint density at radius 2 is 1.58 bits per heavy atom. The zero-order valence-corrected chi connectivity index (χ0v) is 10.8. The van der Waals surface area contributed by atoms with Gasteiger partial charge in [-0.2, -0.15) is 0 Å². The van der Waals surface area contributed by atoms with E-state index in [2.05, 4.69) is 35.3 Å². The van der Waals surface area contributed by atoms with Crippen LogP contribution in [0.5, 0.6) is 0 Å². The quantitative estimate of drug-likeness (QED) is 0.595. The van der Waals surface area contributed by atoms with Gasteiger partial charge in [-0.3, -0.25) is 9.97 Å². The molecule has 0 unspecified atom stereocenters. The van der Waals surface area contributed by atoms with Crippen molar-refractivity contribution in [2.24, 2.45) is 0 Å². The number of rotatable bonds is 1. The lowest BCUT2D eigenvalue weighted by Gasteiger charge is -2.10. The molecule has 1 aromatic carbocycles. The Hall–Kier alpha value is -1.96. The summed E-state index contributed by atoms with van der Waals surface area (Å²) in [6, 6.07) is 12.8. The second kappa shape index (κ2) is 4.30. The Morgan fingerprint density at radius 1 is 0.842 bits per heavy atom. The smallest absolute Gasteiger partial charge is 0.0967 e. The van der Waals surface area contributed by atoms with Crippen molar-refractivity contribution in [3.8, 4) is 0 Å². The van der Waals surface area contributed by atoms with Crippen LogP contribution in [-0.4, -0.2) is 9.97 Å². The van der Waals surface area contributed by atoms with E-state index in [0.29, 0.717) is 5.92 Å². The van der Waals surface area contributed by atoms with Crippen molar-refractivity contribution in [3.05, 3.63) is 48.3 Å². The second-order valence-corrected chi connectivity index (χ2v) is 5.43. The highest BCUT2D eigenvalue weighted by molar-refractivity contribution is 6.02. The minimum absolute atomic E-state index is 0.656. The van der Waals surface area contributed by atoms with Crippen molar-refractivity contribution in [2.75, 3.05) is 0 Å². The summed E-state index contributed by atoms with van der Waals surface area (Å²) in [7, 11) is 0. The third-order valence-electron chi connectivity index (χ3n) is 4.23. The summed E-state index contributed by atoms with van der Waals surface area (Å²) in [6.45, 7) is 0. The normalized spacial score (nSPS) is 16.4. The van der Waals surface area contributed by atoms with Gasteiger partial charge in [-0.15, -0.1) is 0 Å². The predicted octanol–water partition coefficient (Wildman–Crippen LogP) is 4.44. The van der Waals surface area contributed by atoms with Crippen LogP contribution in [0.25, 0.3) is 21.8 Å². The Bertz CT molecular complexity index is 742. The van der Waals surface area contributed by atoms with Gasteiger partial charge in [0.1, 0.15) is 0 Å². The van der Waals surface area contributed by atoms with Crippen molar-refractivity contribution in [3.63, 3.8) is 0 Å². The number of aromatic nitrogens is 2. The largest absolute Gasteiger partial charge is 0.254 e. The summed E-state index contributed by atoms with van der Waals surface area (Å²) in [4.78, 5) is 9.44. The second-order valence-electron chi connectivity index (χ2n) is 5.43. The van der Waals surface area contributed by atoms with Crippen molar-refractivity contribution < 1.29 is 0 Å². The van der Waals surface area contributed by atoms with Crippen LogP contribution in [0.3, 0.4) is 0 Å². The van der Waals surface area contributed by atoms with Gasteiger partial charge in [0.05, 0.1) is 11.0 Å². The average Bonchev–Trinajstić information content (AvgIpc) is 3.01. The molecule has 0 atom stereocenters. The molecule has 2 aromatic heterocycles. The molecule has 0 radical (unpaired) electrons. The number of fused-ring (bicyclic) bond motifs is 3. The monoisotopic (exact) mass is 248 g/mol. The molecular weight excluding hydrogens is 232 g/mol. The molecule has 2 heterocycles. The van der Waals surface area contributed by atoms with Crippen LogP contribution in [0.2, 0.25) is 0 Å². The number of hydrogen-bond acceptors (Lipinski definition) is 2. The Morgan fingerprint density at radius 3 is 2.42 bits per heavy atom. The Labute approximate surface area is 112 Å². The molecule has 0 spiro atoms. The van der Waals surface area contributed by atoms with E-state index in [4.69, 9.17) is 4.98 Å². The zero-order valence-electron chi connectivity index (χ0n) is 10.8. The van der Waals surface area contributed by atoms with Crippen LogP contribution in [0.1, 0.15) is 37.3 Å². The summed E-state index contributed by atoms with van der Waals surface area (Å²) in [5, 5.41) is 2.36. The fourth-order valence-electron chi connectivity index (χ4n) is 3.19. The molecule has 0 bridgehead atoms. The first-order valence-electron chi connectivity index (χ1n) is 7.06. The molecule has 3 aromatic rings. The Kier molecular flexibility index (Phi) is 2.47. The molecule has 0 N–H and O–H groups in total. The fraction of sp³-hybridized carbons (Fsp3) is 0.294. The van der Waals surface area contributed by atoms with Gasteiger partial charge in [-0.1, -0.05) is 37.1 Å². The van der Waals surface area contributed by atoms with Gasteiger partial charge in [-0.05, 0) is 25.0 Å². The van der Waals surface area contributed by atoms with E-state index in [1.807, 2.05) is 12.3 Å². The van der Waals surface area contributed by atoms with E-state index in [1.54, 1.807) is 0 Å². The van der Waals surface area contributed by atoms with E-state index in [0.717, 1.165) is 11.0 Å². The number of benzene rings is 1. The highest BCUT2D eigenvalue weighted by atomic mass is 14.8. The molecule has 19 heavy (non-hydrogen) atoms. The summed E-state index contributed by atoms with van der Waals surface area (Å²) in [5.41, 5.74) is 3.34. The summed E-state index contributed by atoms with van der Waals surface area (Å²) < 4.78 is 0. The molecule has 94 valence electrons. The van der Waals surface area contributed by atoms with Gasteiger partial charge < -0.3 is 0 Å². The van der Waals surface area contributed by atoms with Gasteiger partial charge >= 0.3 is 0 Å². The van der Waals surface area contributed by atoms with Gasteiger partial charge in [0, 0.05) is 28.6 Å². The number of nitrogens with zero attached hydrogens (tertiary/aromatic N) is 2. The van der Waals surface area contributed by atoms with Crippen LogP contribution in [0, 0.1) is 0 Å². The van der Waals surface area contributed by atoms with E-state index >= 15 is 0 Å². The van der Waals surface area contributed by atoms with Crippen LogP contribution in [0.4, 0.5) is 0 Å². The first-order valence-corrected chi connectivity index (χ1v) is 7.06. The van der Waals surface area contributed by atoms with Crippen LogP contribution in [0.15, 0.2) is 42.6 Å². The minimum atomic E-state index is 0.656. The van der Waals surface area contributed by atoms with Gasteiger partial charge in [0.25, 0.3) is 0 Å². The average molecular weight is 248 g/mol. The Balaban J connectivity index is 1.97. The van der Waals surface area contributed by atoms with Crippen LogP contribution >= 0.6 is 0 Å². The molecule has 2 nitrogen and oxygen atoms in total. The van der Waals surface area contributed by atoms with Gasteiger partial charge in [0.15, 0.2) is 0 Å². The maximum atomic E-state index is 4.92.